The fourth-order valence-electron chi connectivity index (χ4n) is 1.80. The molecule has 134 valence electrons. The van der Waals surface area contributed by atoms with Crippen LogP contribution in [0.15, 0.2) is 49.0 Å². The molecule has 1 heterocycles. The van der Waals surface area contributed by atoms with Crippen molar-refractivity contribution in [1.82, 2.24) is 4.98 Å². The van der Waals surface area contributed by atoms with Gasteiger partial charge in [0.15, 0.2) is 0 Å². The van der Waals surface area contributed by atoms with Gasteiger partial charge in [0.1, 0.15) is 0 Å². The first-order chi connectivity index (χ1) is 12.1. The van der Waals surface area contributed by atoms with Crippen LogP contribution in [0.3, 0.4) is 0 Å². The summed E-state index contributed by atoms with van der Waals surface area (Å²) in [5.41, 5.74) is -0.382. The maximum atomic E-state index is 13.4. The van der Waals surface area contributed by atoms with Crippen LogP contribution in [0, 0.1) is 0 Å². The number of carbonyl (C=O) groups is 1. The summed E-state index contributed by atoms with van der Waals surface area (Å²) in [4.78, 5) is 13.0. The maximum Gasteiger partial charge on any atom is 0.255 e. The summed E-state index contributed by atoms with van der Waals surface area (Å²) < 4.78 is 66.3. The fourth-order valence-corrected chi connectivity index (χ4v) is 4.65. The van der Waals surface area contributed by atoms with E-state index in [1.807, 2.05) is 0 Å². The fraction of sp³-hybridized carbons (Fsp3) is 0. The lowest BCUT2D eigenvalue weighted by Crippen LogP contribution is -2.14. The summed E-state index contributed by atoms with van der Waals surface area (Å²) in [6.07, 6.45) is 2.64. The molecular weight excluding hydrogens is 443 g/mol. The molecule has 0 radical (unpaired) electrons. The minimum atomic E-state index is -0.779. The van der Waals surface area contributed by atoms with Crippen LogP contribution in [0.1, 0.15) is 10.4 Å². The Balaban J connectivity index is 2.64. The summed E-state index contributed by atoms with van der Waals surface area (Å²) in [7, 11) is 0. The highest BCUT2D eigenvalue weighted by molar-refractivity contribution is 8.00. The van der Waals surface area contributed by atoms with E-state index in [1.165, 1.54) is 24.5 Å². The molecule has 13 heteroatoms. The van der Waals surface area contributed by atoms with Crippen LogP contribution in [0.2, 0.25) is 0 Å². The number of aromatic nitrogens is 1. The van der Waals surface area contributed by atoms with Crippen molar-refractivity contribution >= 4 is 72.3 Å². The van der Waals surface area contributed by atoms with Crippen molar-refractivity contribution in [1.29, 1.82) is 0 Å². The Morgan fingerprint density at radius 2 is 1.16 bits per heavy atom. The predicted molar refractivity (Wildman–Crippen MR) is 93.5 cm³/mol. The summed E-state index contributed by atoms with van der Waals surface area (Å²) >= 11 is -2.66. The lowest BCUT2D eigenvalue weighted by Gasteiger charge is -2.18. The molecule has 0 unspecified atom stereocenters. The standard InChI is InChI=1S/C12H5F5N2OS5/c13-21-7-6(19-12(20)5-1-3-18-4-2-5)8(22-14)10(24-16)11(25-17)9(7)23-15/h1-4H,(H,19,20). The Hall–Kier alpha value is -0.760. The Bertz CT molecular complexity index is 734. The van der Waals surface area contributed by atoms with E-state index in [9.17, 15) is 24.2 Å². The van der Waals surface area contributed by atoms with Gasteiger partial charge in [-0.25, -0.2) is 0 Å². The first kappa shape index (κ1) is 20.6. The van der Waals surface area contributed by atoms with Gasteiger partial charge in [0, 0.05) is 18.0 Å². The average molecular weight is 449 g/mol. The van der Waals surface area contributed by atoms with Crippen molar-refractivity contribution in [2.45, 2.75) is 24.5 Å². The molecule has 0 fully saturated rings. The van der Waals surface area contributed by atoms with Gasteiger partial charge < -0.3 is 5.32 Å². The molecule has 0 saturated heterocycles. The topological polar surface area (TPSA) is 42.0 Å². The van der Waals surface area contributed by atoms with E-state index in [0.29, 0.717) is 0 Å². The second-order valence-electron chi connectivity index (χ2n) is 4.10. The molecule has 25 heavy (non-hydrogen) atoms. The zero-order chi connectivity index (χ0) is 18.4. The van der Waals surface area contributed by atoms with E-state index in [2.05, 4.69) is 10.3 Å². The van der Waals surface area contributed by atoms with Crippen LogP contribution in [0.25, 0.3) is 0 Å². The molecule has 3 nitrogen and oxygen atoms in total. The summed E-state index contributed by atoms with van der Waals surface area (Å²) in [6.45, 7) is 0. The Morgan fingerprint density at radius 3 is 1.56 bits per heavy atom. The van der Waals surface area contributed by atoms with Crippen LogP contribution in [0.4, 0.5) is 25.1 Å². The van der Waals surface area contributed by atoms with Gasteiger partial charge in [0.25, 0.3) is 5.91 Å². The number of hydrogen-bond acceptors (Lipinski definition) is 7. The van der Waals surface area contributed by atoms with E-state index in [4.69, 9.17) is 0 Å². The Morgan fingerprint density at radius 1 is 0.760 bits per heavy atom. The van der Waals surface area contributed by atoms with Crippen molar-refractivity contribution in [3.63, 3.8) is 0 Å². The van der Waals surface area contributed by atoms with E-state index in [-0.39, 0.29) is 5.56 Å². The minimum Gasteiger partial charge on any atom is -0.320 e. The van der Waals surface area contributed by atoms with Crippen molar-refractivity contribution in [3.8, 4) is 0 Å². The number of benzene rings is 1. The van der Waals surface area contributed by atoms with Gasteiger partial charge in [-0.2, -0.15) is 19.4 Å². The predicted octanol–water partition coefficient (Wildman–Crippen LogP) is 7.22. The van der Waals surface area contributed by atoms with E-state index in [0.717, 1.165) is 0 Å². The quantitative estimate of drug-likeness (QED) is 0.449. The molecule has 1 N–H and O–H groups in total. The smallest absolute Gasteiger partial charge is 0.255 e. The zero-order valence-electron chi connectivity index (χ0n) is 11.6. The van der Waals surface area contributed by atoms with Crippen molar-refractivity contribution in [2.75, 3.05) is 5.32 Å². The lowest BCUT2D eigenvalue weighted by atomic mass is 10.2. The first-order valence-corrected chi connectivity index (χ1v) is 9.59. The molecule has 0 aliphatic heterocycles. The molecule has 2 aromatic rings. The third kappa shape index (κ3) is 4.32. The molecule has 0 spiro atoms. The number of hydrogen-bond donors (Lipinski definition) is 1. The number of halogens is 5. The van der Waals surface area contributed by atoms with Gasteiger partial charge in [-0.05, 0) is 12.1 Å². The molecule has 2 rings (SSSR count). The second kappa shape index (κ2) is 9.80. The second-order valence-corrected chi connectivity index (χ2v) is 6.91. The number of anilines is 1. The number of nitrogens with zero attached hydrogens (tertiary/aromatic N) is 1. The molecule has 0 aliphatic carbocycles. The molecule has 0 aliphatic rings. The lowest BCUT2D eigenvalue weighted by molar-refractivity contribution is 0.102. The maximum absolute atomic E-state index is 13.4. The van der Waals surface area contributed by atoms with Crippen molar-refractivity contribution in [3.05, 3.63) is 30.1 Å². The summed E-state index contributed by atoms with van der Waals surface area (Å²) in [6, 6.07) is 2.67. The van der Waals surface area contributed by atoms with Crippen LogP contribution < -0.4 is 5.32 Å². The Labute approximate surface area is 161 Å². The molecule has 1 aromatic carbocycles. The number of carbonyl (C=O) groups excluding carboxylic acids is 1. The van der Waals surface area contributed by atoms with Crippen LogP contribution >= 0.6 is 60.7 Å². The van der Waals surface area contributed by atoms with Gasteiger partial charge in [0.2, 0.25) is 0 Å². The third-order valence-corrected chi connectivity index (χ3v) is 6.18. The minimum absolute atomic E-state index is 0.104. The monoisotopic (exact) mass is 448 g/mol. The molecule has 0 bridgehead atoms. The van der Waals surface area contributed by atoms with Crippen molar-refractivity contribution < 1.29 is 24.2 Å². The van der Waals surface area contributed by atoms with Crippen LogP contribution in [0.5, 0.6) is 0 Å². The van der Waals surface area contributed by atoms with Gasteiger partial charge in [-0.1, -0.05) is 0 Å². The number of amides is 1. The van der Waals surface area contributed by atoms with Crippen LogP contribution in [-0.2, 0) is 0 Å². The number of nitrogens with one attached hydrogen (secondary N) is 1. The molecule has 1 amide bonds. The normalized spacial score (nSPS) is 10.8. The molecule has 1 aromatic heterocycles. The first-order valence-electron chi connectivity index (χ1n) is 6.01. The van der Waals surface area contributed by atoms with Gasteiger partial charge >= 0.3 is 0 Å². The van der Waals surface area contributed by atoms with E-state index in [1.54, 1.807) is 0 Å². The van der Waals surface area contributed by atoms with E-state index < -0.39 is 96.8 Å². The van der Waals surface area contributed by atoms with Gasteiger partial charge in [0.05, 0.1) is 90.9 Å². The van der Waals surface area contributed by atoms with Crippen LogP contribution in [-0.4, -0.2) is 10.9 Å². The largest absolute Gasteiger partial charge is 0.320 e. The number of rotatable bonds is 7. The molecule has 0 saturated carbocycles. The SMILES string of the molecule is O=C(Nc1c(SF)c(SF)c(SF)c(SF)c1SF)c1ccncc1. The van der Waals surface area contributed by atoms with Gasteiger partial charge in [-0.15, -0.1) is 0 Å². The highest BCUT2D eigenvalue weighted by Gasteiger charge is 2.29. The third-order valence-electron chi connectivity index (χ3n) is 2.85. The van der Waals surface area contributed by atoms with Crippen molar-refractivity contribution in [2.24, 2.45) is 0 Å². The summed E-state index contributed by atoms with van der Waals surface area (Å²) in [5, 5.41) is 2.22. The number of pyridine rings is 1. The average Bonchev–Trinajstić information content (AvgIpc) is 2.66. The Kier molecular flexibility index (Phi) is 8.06. The molecular formula is C12H5F5N2OS5. The van der Waals surface area contributed by atoms with E-state index >= 15 is 0 Å². The summed E-state index contributed by atoms with van der Waals surface area (Å²) in [5.74, 6) is -0.779. The molecule has 0 atom stereocenters. The highest BCUT2D eigenvalue weighted by atomic mass is 32.2. The zero-order valence-corrected chi connectivity index (χ0v) is 15.7. The van der Waals surface area contributed by atoms with Gasteiger partial charge in [-0.3, -0.25) is 9.78 Å². The highest BCUT2D eigenvalue weighted by Crippen LogP contribution is 2.54.